The first-order valence-corrected chi connectivity index (χ1v) is 6.30. The Balaban J connectivity index is 2.88. The molecular weight excluding hydrogens is 317 g/mol. The van der Waals surface area contributed by atoms with E-state index in [4.69, 9.17) is 39.0 Å². The summed E-state index contributed by atoms with van der Waals surface area (Å²) in [5.41, 5.74) is 17.1. The molecule has 108 valence electrons. The average Bonchev–Trinajstić information content (AvgIpc) is 2.47. The van der Waals surface area contributed by atoms with Gasteiger partial charge >= 0.3 is 11.7 Å². The Morgan fingerprint density at radius 2 is 2.14 bits per heavy atom. The van der Waals surface area contributed by atoms with Gasteiger partial charge in [0.2, 0.25) is 0 Å². The highest BCUT2D eigenvalue weighted by Gasteiger charge is 2.26. The van der Waals surface area contributed by atoms with Crippen molar-refractivity contribution in [1.29, 1.82) is 0 Å². The minimum Gasteiger partial charge on any atom is -0.456 e. The summed E-state index contributed by atoms with van der Waals surface area (Å²) in [6.45, 7) is 3.20. The number of carbonyl (C=O) groups is 1. The van der Waals surface area contributed by atoms with Crippen LogP contribution in [0.4, 0.5) is 0 Å². The first kappa shape index (κ1) is 16.8. The maximum atomic E-state index is 11.8. The second kappa shape index (κ2) is 8.09. The molecule has 0 spiro atoms. The second-order valence-electron chi connectivity index (χ2n) is 3.68. The zero-order valence-corrected chi connectivity index (χ0v) is 12.1. The molecule has 0 aliphatic rings. The van der Waals surface area contributed by atoms with Crippen LogP contribution < -0.4 is 0 Å². The van der Waals surface area contributed by atoms with Crippen molar-refractivity contribution in [3.05, 3.63) is 62.4 Å². The maximum absolute atomic E-state index is 11.8. The molecule has 0 aliphatic heterocycles. The third-order valence-electron chi connectivity index (χ3n) is 2.34. The molecule has 0 heterocycles. The number of nitrogens with zero attached hydrogens (tertiary/aromatic N) is 5. The lowest BCUT2D eigenvalue weighted by Crippen LogP contribution is -2.23. The van der Waals surface area contributed by atoms with Crippen molar-refractivity contribution in [2.24, 2.45) is 5.11 Å². The van der Waals surface area contributed by atoms with E-state index in [0.29, 0.717) is 5.02 Å². The molecule has 9 heteroatoms. The van der Waals surface area contributed by atoms with Gasteiger partial charge in [-0.05, 0) is 23.7 Å². The third-order valence-corrected chi connectivity index (χ3v) is 3.08. The van der Waals surface area contributed by atoms with Gasteiger partial charge in [0.05, 0.1) is 21.7 Å². The predicted molar refractivity (Wildman–Crippen MR) is 78.3 cm³/mol. The Morgan fingerprint density at radius 1 is 1.43 bits per heavy atom. The van der Waals surface area contributed by atoms with Gasteiger partial charge in [0.1, 0.15) is 6.61 Å². The van der Waals surface area contributed by atoms with Gasteiger partial charge in [0, 0.05) is 4.91 Å². The zero-order valence-electron chi connectivity index (χ0n) is 10.6. The number of esters is 1. The fourth-order valence-electron chi connectivity index (χ4n) is 1.30. The van der Waals surface area contributed by atoms with Gasteiger partial charge < -0.3 is 10.3 Å². The van der Waals surface area contributed by atoms with E-state index in [1.807, 2.05) is 0 Å². The van der Waals surface area contributed by atoms with Crippen LogP contribution >= 0.6 is 23.2 Å². The molecule has 21 heavy (non-hydrogen) atoms. The van der Waals surface area contributed by atoms with Crippen LogP contribution in [0.15, 0.2) is 36.0 Å². The fourth-order valence-corrected chi connectivity index (χ4v) is 1.60. The van der Waals surface area contributed by atoms with E-state index in [2.05, 4.69) is 21.4 Å². The van der Waals surface area contributed by atoms with Crippen molar-refractivity contribution in [3.63, 3.8) is 0 Å². The number of benzene rings is 1. The van der Waals surface area contributed by atoms with Crippen LogP contribution in [0.5, 0.6) is 0 Å². The normalized spacial score (nSPS) is 10.8. The SMILES string of the molecule is C=CC(COC(=O)C(=[N+]=[N-])c1ccc(Cl)c(Cl)c1)N=[N+]=[N-]. The molecule has 0 aromatic heterocycles. The number of carbonyl (C=O) groups excluding carboxylic acids is 1. The number of hydrogen-bond donors (Lipinski definition) is 0. The van der Waals surface area contributed by atoms with Gasteiger partial charge in [-0.1, -0.05) is 34.4 Å². The summed E-state index contributed by atoms with van der Waals surface area (Å²) in [7, 11) is 0. The standard InChI is InChI=1S/C12H9Cl2N5O2/c1-2-8(18-19-16)6-21-12(20)11(17-15)7-3-4-9(13)10(14)5-7/h2-5,8H,1,6H2. The van der Waals surface area contributed by atoms with E-state index in [-0.39, 0.29) is 22.9 Å². The predicted octanol–water partition coefficient (Wildman–Crippen LogP) is 3.42. The first-order chi connectivity index (χ1) is 10.0. The van der Waals surface area contributed by atoms with Crippen LogP contribution in [0.25, 0.3) is 16.0 Å². The molecule has 1 atom stereocenters. The van der Waals surface area contributed by atoms with E-state index in [1.165, 1.54) is 24.3 Å². The molecule has 0 saturated heterocycles. The molecule has 1 rings (SSSR count). The van der Waals surface area contributed by atoms with Gasteiger partial charge in [0.15, 0.2) is 0 Å². The largest absolute Gasteiger partial charge is 0.456 e. The number of rotatable bonds is 6. The summed E-state index contributed by atoms with van der Waals surface area (Å²) in [5, 5.41) is 3.83. The second-order valence-corrected chi connectivity index (χ2v) is 4.50. The Morgan fingerprint density at radius 3 is 2.67 bits per heavy atom. The number of hydrogen-bond acceptors (Lipinski definition) is 3. The molecule has 0 fully saturated rings. The highest BCUT2D eigenvalue weighted by atomic mass is 35.5. The Bertz CT molecular complexity index is 664. The zero-order chi connectivity index (χ0) is 15.8. The van der Waals surface area contributed by atoms with Crippen LogP contribution in [-0.2, 0) is 9.53 Å². The molecular formula is C12H9Cl2N5O2. The molecule has 1 aromatic carbocycles. The molecule has 0 amide bonds. The number of ether oxygens (including phenoxy) is 1. The van der Waals surface area contributed by atoms with Gasteiger partial charge in [-0.2, -0.15) is 4.79 Å². The summed E-state index contributed by atoms with van der Waals surface area (Å²) >= 11 is 11.6. The van der Waals surface area contributed by atoms with Crippen molar-refractivity contribution in [2.45, 2.75) is 6.04 Å². The van der Waals surface area contributed by atoms with E-state index < -0.39 is 12.0 Å². The monoisotopic (exact) mass is 325 g/mol. The van der Waals surface area contributed by atoms with Gasteiger partial charge in [0.25, 0.3) is 0 Å². The van der Waals surface area contributed by atoms with E-state index in [0.717, 1.165) is 0 Å². The van der Waals surface area contributed by atoms with E-state index >= 15 is 0 Å². The summed E-state index contributed by atoms with van der Waals surface area (Å²) in [5.74, 6) is -0.907. The smallest absolute Gasteiger partial charge is 0.422 e. The third kappa shape index (κ3) is 4.63. The highest BCUT2D eigenvalue weighted by molar-refractivity contribution is 6.44. The maximum Gasteiger partial charge on any atom is 0.422 e. The molecule has 7 nitrogen and oxygen atoms in total. The lowest BCUT2D eigenvalue weighted by Gasteiger charge is -2.05. The Hall–Kier alpha value is -2.30. The summed E-state index contributed by atoms with van der Waals surface area (Å²) in [6, 6.07) is 3.54. The topological polar surface area (TPSA) is 111 Å². The lowest BCUT2D eigenvalue weighted by molar-refractivity contribution is -0.140. The minimum absolute atomic E-state index is 0.196. The molecule has 1 aromatic rings. The van der Waals surface area contributed by atoms with Crippen molar-refractivity contribution >= 4 is 34.9 Å². The number of halogens is 2. The van der Waals surface area contributed by atoms with Crippen molar-refractivity contribution < 1.29 is 14.3 Å². The quantitative estimate of drug-likeness (QED) is 0.199. The molecule has 0 radical (unpaired) electrons. The van der Waals surface area contributed by atoms with Crippen LogP contribution in [-0.4, -0.2) is 29.1 Å². The van der Waals surface area contributed by atoms with Crippen molar-refractivity contribution in [1.82, 2.24) is 0 Å². The minimum atomic E-state index is -0.907. The molecule has 0 N–H and O–H groups in total. The van der Waals surface area contributed by atoms with Crippen molar-refractivity contribution in [2.75, 3.05) is 6.61 Å². The lowest BCUT2D eigenvalue weighted by atomic mass is 10.1. The summed E-state index contributed by atoms with van der Waals surface area (Å²) in [4.78, 5) is 17.3. The van der Waals surface area contributed by atoms with Gasteiger partial charge in [-0.15, -0.1) is 6.58 Å². The average molecular weight is 326 g/mol. The fraction of sp³-hybridized carbons (Fsp3) is 0.167. The number of azide groups is 1. The van der Waals surface area contributed by atoms with Crippen molar-refractivity contribution in [3.8, 4) is 0 Å². The Labute approximate surface area is 130 Å². The summed E-state index contributed by atoms with van der Waals surface area (Å²) < 4.78 is 4.88. The van der Waals surface area contributed by atoms with E-state index in [9.17, 15) is 4.79 Å². The van der Waals surface area contributed by atoms with Gasteiger partial charge in [-0.3, -0.25) is 0 Å². The Kier molecular flexibility index (Phi) is 6.46. The molecule has 0 bridgehead atoms. The van der Waals surface area contributed by atoms with Crippen LogP contribution in [0.2, 0.25) is 10.0 Å². The van der Waals surface area contributed by atoms with Crippen LogP contribution in [0.1, 0.15) is 5.56 Å². The molecule has 0 saturated carbocycles. The van der Waals surface area contributed by atoms with Gasteiger partial charge in [-0.25, -0.2) is 4.79 Å². The van der Waals surface area contributed by atoms with Crippen LogP contribution in [0, 0.1) is 0 Å². The van der Waals surface area contributed by atoms with Crippen LogP contribution in [0.3, 0.4) is 0 Å². The highest BCUT2D eigenvalue weighted by Crippen LogP contribution is 2.22. The first-order valence-electron chi connectivity index (χ1n) is 5.54. The van der Waals surface area contributed by atoms with E-state index in [1.54, 1.807) is 0 Å². The molecule has 1 unspecified atom stereocenters. The summed E-state index contributed by atoms with van der Waals surface area (Å²) in [6.07, 6.45) is 1.32. The molecule has 0 aliphatic carbocycles.